The molecule has 1 amide bonds. The molecule has 0 bridgehead atoms. The van der Waals surface area contributed by atoms with Gasteiger partial charge in [-0.15, -0.1) is 0 Å². The fourth-order valence-corrected chi connectivity index (χ4v) is 2.09. The molecule has 2 aromatic carbocycles. The van der Waals surface area contributed by atoms with Gasteiger partial charge < -0.3 is 15.2 Å². The van der Waals surface area contributed by atoms with Gasteiger partial charge in [0.05, 0.1) is 11.6 Å². The monoisotopic (exact) mass is 343 g/mol. The van der Waals surface area contributed by atoms with E-state index in [1.54, 1.807) is 18.2 Å². The van der Waals surface area contributed by atoms with Crippen molar-refractivity contribution in [1.29, 1.82) is 0 Å². The molecule has 0 spiro atoms. The van der Waals surface area contributed by atoms with Gasteiger partial charge in [0.2, 0.25) is 0 Å². The molecule has 0 aliphatic heterocycles. The Balaban J connectivity index is 1.72. The third-order valence-electron chi connectivity index (χ3n) is 3.17. The summed E-state index contributed by atoms with van der Waals surface area (Å²) >= 11 is 6.04. The van der Waals surface area contributed by atoms with Crippen molar-refractivity contribution < 1.29 is 14.6 Å². The second-order valence-electron chi connectivity index (χ2n) is 5.01. The van der Waals surface area contributed by atoms with Crippen molar-refractivity contribution in [3.8, 4) is 11.8 Å². The number of aliphatic hydroxyl groups excluding tert-OH is 1. The van der Waals surface area contributed by atoms with Crippen molar-refractivity contribution in [3.63, 3.8) is 0 Å². The zero-order chi connectivity index (χ0) is 17.2. The lowest BCUT2D eigenvalue weighted by Gasteiger charge is -2.05. The SMILES string of the molecule is O=C(NCCC#Cc1cc(CO)ccc1Cl)OCc1ccccc1. The number of hydrogen-bond donors (Lipinski definition) is 2. The van der Waals surface area contributed by atoms with Crippen LogP contribution in [0.4, 0.5) is 4.79 Å². The number of aliphatic hydroxyl groups is 1. The summed E-state index contributed by atoms with van der Waals surface area (Å²) < 4.78 is 5.10. The van der Waals surface area contributed by atoms with Crippen LogP contribution in [0, 0.1) is 11.8 Å². The molecule has 124 valence electrons. The minimum atomic E-state index is -0.471. The summed E-state index contributed by atoms with van der Waals surface area (Å²) in [6.07, 6.45) is 0.00101. The first kappa shape index (κ1) is 17.9. The summed E-state index contributed by atoms with van der Waals surface area (Å²) in [4.78, 5) is 11.6. The minimum Gasteiger partial charge on any atom is -0.445 e. The zero-order valence-electron chi connectivity index (χ0n) is 13.1. The normalized spacial score (nSPS) is 9.75. The smallest absolute Gasteiger partial charge is 0.407 e. The number of rotatable bonds is 5. The third kappa shape index (κ3) is 5.96. The van der Waals surface area contributed by atoms with E-state index in [4.69, 9.17) is 21.4 Å². The number of nitrogens with one attached hydrogen (secondary N) is 1. The van der Waals surface area contributed by atoms with E-state index in [-0.39, 0.29) is 13.2 Å². The van der Waals surface area contributed by atoms with E-state index in [9.17, 15) is 4.79 Å². The number of carbonyl (C=O) groups excluding carboxylic acids is 1. The predicted octanol–water partition coefficient (Wildman–Crippen LogP) is 3.50. The van der Waals surface area contributed by atoms with Crippen LogP contribution in [0.2, 0.25) is 5.02 Å². The molecule has 0 aliphatic rings. The molecule has 2 aromatic rings. The van der Waals surface area contributed by atoms with E-state index in [0.717, 1.165) is 11.1 Å². The molecule has 0 atom stereocenters. The van der Waals surface area contributed by atoms with Crippen LogP contribution in [0.25, 0.3) is 0 Å². The maximum absolute atomic E-state index is 11.6. The number of hydrogen-bond acceptors (Lipinski definition) is 3. The van der Waals surface area contributed by atoms with Crippen molar-refractivity contribution in [1.82, 2.24) is 5.32 Å². The van der Waals surface area contributed by atoms with Crippen molar-refractivity contribution >= 4 is 17.7 Å². The van der Waals surface area contributed by atoms with Crippen molar-refractivity contribution in [2.45, 2.75) is 19.6 Å². The first-order chi connectivity index (χ1) is 11.7. The summed E-state index contributed by atoms with van der Waals surface area (Å²) in [6, 6.07) is 14.7. The Bertz CT molecular complexity index is 735. The lowest BCUT2D eigenvalue weighted by molar-refractivity contribution is 0.140. The van der Waals surface area contributed by atoms with E-state index in [1.165, 1.54) is 0 Å². The van der Waals surface area contributed by atoms with Crippen LogP contribution in [-0.2, 0) is 18.0 Å². The average molecular weight is 344 g/mol. The minimum absolute atomic E-state index is 0.0549. The van der Waals surface area contributed by atoms with E-state index >= 15 is 0 Å². The van der Waals surface area contributed by atoms with Gasteiger partial charge in [-0.25, -0.2) is 4.79 Å². The molecular formula is C19H18ClNO3. The van der Waals surface area contributed by atoms with Gasteiger partial charge in [0.25, 0.3) is 0 Å². The molecule has 0 heterocycles. The fourth-order valence-electron chi connectivity index (χ4n) is 1.93. The third-order valence-corrected chi connectivity index (χ3v) is 3.50. The van der Waals surface area contributed by atoms with E-state index in [2.05, 4.69) is 17.2 Å². The lowest BCUT2D eigenvalue weighted by atomic mass is 10.1. The molecule has 0 aromatic heterocycles. The molecule has 0 aliphatic carbocycles. The number of alkyl carbamates (subject to hydrolysis) is 1. The van der Waals surface area contributed by atoms with Crippen LogP contribution in [0.5, 0.6) is 0 Å². The highest BCUT2D eigenvalue weighted by Crippen LogP contribution is 2.16. The van der Waals surface area contributed by atoms with Gasteiger partial charge in [-0.3, -0.25) is 0 Å². The number of halogens is 1. The molecule has 0 fully saturated rings. The van der Waals surface area contributed by atoms with Crippen molar-refractivity contribution in [2.75, 3.05) is 6.54 Å². The number of amides is 1. The Morgan fingerprint density at radius 1 is 1.17 bits per heavy atom. The Morgan fingerprint density at radius 3 is 2.71 bits per heavy atom. The molecule has 5 heteroatoms. The molecule has 4 nitrogen and oxygen atoms in total. The largest absolute Gasteiger partial charge is 0.445 e. The Labute approximate surface area is 146 Å². The van der Waals surface area contributed by atoms with E-state index in [0.29, 0.717) is 23.6 Å². The first-order valence-corrected chi connectivity index (χ1v) is 7.89. The molecule has 0 saturated carbocycles. The second kappa shape index (κ2) is 9.61. The van der Waals surface area contributed by atoms with Gasteiger partial charge in [0.1, 0.15) is 6.61 Å². The van der Waals surface area contributed by atoms with Crippen LogP contribution in [0.3, 0.4) is 0 Å². The van der Waals surface area contributed by atoms with Gasteiger partial charge in [-0.2, -0.15) is 0 Å². The molecule has 0 unspecified atom stereocenters. The zero-order valence-corrected chi connectivity index (χ0v) is 13.8. The average Bonchev–Trinajstić information content (AvgIpc) is 2.62. The summed E-state index contributed by atoms with van der Waals surface area (Å²) in [5.41, 5.74) is 2.35. The molecular weight excluding hydrogens is 326 g/mol. The van der Waals surface area contributed by atoms with Crippen LogP contribution >= 0.6 is 11.6 Å². The molecule has 0 saturated heterocycles. The van der Waals surface area contributed by atoms with Crippen molar-refractivity contribution in [2.24, 2.45) is 0 Å². The molecule has 24 heavy (non-hydrogen) atoms. The van der Waals surface area contributed by atoms with Gasteiger partial charge in [-0.1, -0.05) is 59.8 Å². The summed E-state index contributed by atoms with van der Waals surface area (Å²) in [7, 11) is 0. The van der Waals surface area contributed by atoms with Gasteiger partial charge in [0.15, 0.2) is 0 Å². The molecule has 2 rings (SSSR count). The second-order valence-corrected chi connectivity index (χ2v) is 5.42. The Hall–Kier alpha value is -2.48. The van der Waals surface area contributed by atoms with Crippen LogP contribution in [0.15, 0.2) is 48.5 Å². The maximum atomic E-state index is 11.6. The summed E-state index contributed by atoms with van der Waals surface area (Å²) in [5.74, 6) is 5.87. The maximum Gasteiger partial charge on any atom is 0.407 e. The highest BCUT2D eigenvalue weighted by Gasteiger charge is 2.01. The predicted molar refractivity (Wildman–Crippen MR) is 93.5 cm³/mol. The number of ether oxygens (including phenoxy) is 1. The van der Waals surface area contributed by atoms with E-state index in [1.807, 2.05) is 30.3 Å². The molecule has 0 radical (unpaired) electrons. The van der Waals surface area contributed by atoms with E-state index < -0.39 is 6.09 Å². The van der Waals surface area contributed by atoms with Gasteiger partial charge in [-0.05, 0) is 23.3 Å². The number of benzene rings is 2. The van der Waals surface area contributed by atoms with Crippen molar-refractivity contribution in [3.05, 3.63) is 70.2 Å². The highest BCUT2D eigenvalue weighted by atomic mass is 35.5. The van der Waals surface area contributed by atoms with Gasteiger partial charge >= 0.3 is 6.09 Å². The summed E-state index contributed by atoms with van der Waals surface area (Å²) in [5, 5.41) is 12.3. The summed E-state index contributed by atoms with van der Waals surface area (Å²) in [6.45, 7) is 0.570. The fraction of sp³-hybridized carbons (Fsp3) is 0.211. The Kier molecular flexibility index (Phi) is 7.16. The quantitative estimate of drug-likeness (QED) is 0.645. The molecule has 2 N–H and O–H groups in total. The standard InChI is InChI=1S/C19H18ClNO3/c20-18-10-9-16(13-22)12-17(18)8-4-5-11-21-19(23)24-14-15-6-2-1-3-7-15/h1-3,6-7,9-10,12,22H,5,11,13-14H2,(H,21,23). The van der Waals surface area contributed by atoms with Gasteiger partial charge in [0, 0.05) is 18.5 Å². The highest BCUT2D eigenvalue weighted by molar-refractivity contribution is 6.31. The lowest BCUT2D eigenvalue weighted by Crippen LogP contribution is -2.24. The first-order valence-electron chi connectivity index (χ1n) is 7.52. The van der Waals surface area contributed by atoms with Crippen LogP contribution < -0.4 is 5.32 Å². The van der Waals surface area contributed by atoms with Crippen LogP contribution in [0.1, 0.15) is 23.1 Å². The topological polar surface area (TPSA) is 58.6 Å². The van der Waals surface area contributed by atoms with Crippen LogP contribution in [-0.4, -0.2) is 17.7 Å². The number of carbonyl (C=O) groups is 1. The Morgan fingerprint density at radius 2 is 1.96 bits per heavy atom.